The largest absolute Gasteiger partial charge is 0.335 e. The van der Waals surface area contributed by atoms with Crippen LogP contribution in [0, 0.1) is 0 Å². The van der Waals surface area contributed by atoms with Crippen molar-refractivity contribution in [2.24, 2.45) is 5.14 Å². The van der Waals surface area contributed by atoms with Crippen LogP contribution in [0.1, 0.15) is 0 Å². The summed E-state index contributed by atoms with van der Waals surface area (Å²) >= 11 is 0. The molecule has 7 heteroatoms. The number of nitrogens with zero attached hydrogens (tertiary/aromatic N) is 2. The number of hydrogen-bond acceptors (Lipinski definition) is 4. The van der Waals surface area contributed by atoms with Gasteiger partial charge in [0.15, 0.2) is 0 Å². The summed E-state index contributed by atoms with van der Waals surface area (Å²) in [5.41, 5.74) is 0. The van der Waals surface area contributed by atoms with Gasteiger partial charge in [-0.25, -0.2) is 10.1 Å². The Labute approximate surface area is 70.2 Å². The molecular formula is C5H9N3O3S. The summed E-state index contributed by atoms with van der Waals surface area (Å²) in [7, 11) is -3.81. The van der Waals surface area contributed by atoms with E-state index >= 15 is 0 Å². The minimum absolute atomic E-state index is 0.0230. The fourth-order valence-corrected chi connectivity index (χ4v) is 0.985. The topological polar surface area (TPSA) is 87.2 Å². The molecule has 1 heterocycles. The Balaban J connectivity index is 2.29. The van der Waals surface area contributed by atoms with Crippen LogP contribution >= 0.6 is 0 Å². The van der Waals surface area contributed by atoms with Crippen molar-refractivity contribution < 1.29 is 12.6 Å². The van der Waals surface area contributed by atoms with Gasteiger partial charge in [0.1, 0.15) is 0 Å². The Hall–Kier alpha value is -0.920. The average molecular weight is 191 g/mol. The second-order valence-electron chi connectivity index (χ2n) is 2.12. The molecule has 0 bridgehead atoms. The highest BCUT2D eigenvalue weighted by Crippen LogP contribution is 1.88. The van der Waals surface area contributed by atoms with Gasteiger partial charge in [-0.1, -0.05) is 0 Å². The van der Waals surface area contributed by atoms with E-state index in [1.54, 1.807) is 23.3 Å². The molecule has 1 aromatic heterocycles. The molecule has 0 aliphatic rings. The van der Waals surface area contributed by atoms with Crippen molar-refractivity contribution in [3.8, 4) is 0 Å². The van der Waals surface area contributed by atoms with Crippen molar-refractivity contribution in [3.05, 3.63) is 18.7 Å². The molecule has 0 radical (unpaired) electrons. The van der Waals surface area contributed by atoms with E-state index < -0.39 is 10.3 Å². The van der Waals surface area contributed by atoms with Gasteiger partial charge in [0.25, 0.3) is 0 Å². The number of nitrogens with two attached hydrogens (primary N) is 1. The lowest BCUT2D eigenvalue weighted by Crippen LogP contribution is -2.18. The first-order valence-electron chi connectivity index (χ1n) is 3.21. The van der Waals surface area contributed by atoms with Gasteiger partial charge in [0.2, 0.25) is 0 Å². The zero-order valence-corrected chi connectivity index (χ0v) is 7.07. The molecule has 0 saturated carbocycles. The fraction of sp³-hybridized carbons (Fsp3) is 0.400. The van der Waals surface area contributed by atoms with Crippen molar-refractivity contribution >= 4 is 10.3 Å². The van der Waals surface area contributed by atoms with Crippen molar-refractivity contribution in [1.82, 2.24) is 9.55 Å². The first-order valence-corrected chi connectivity index (χ1v) is 4.68. The zero-order chi connectivity index (χ0) is 9.03. The lowest BCUT2D eigenvalue weighted by molar-refractivity contribution is 0.301. The van der Waals surface area contributed by atoms with Gasteiger partial charge in [-0.15, -0.1) is 0 Å². The summed E-state index contributed by atoms with van der Waals surface area (Å²) in [6.45, 7) is 0.436. The third kappa shape index (κ3) is 3.46. The maximum Gasteiger partial charge on any atom is 0.333 e. The van der Waals surface area contributed by atoms with Crippen LogP contribution in [0.3, 0.4) is 0 Å². The summed E-state index contributed by atoms with van der Waals surface area (Å²) in [6.07, 6.45) is 4.86. The van der Waals surface area contributed by atoms with E-state index in [2.05, 4.69) is 14.3 Å². The predicted octanol–water partition coefficient (Wildman–Crippen LogP) is -0.897. The zero-order valence-electron chi connectivity index (χ0n) is 6.25. The highest BCUT2D eigenvalue weighted by atomic mass is 32.2. The van der Waals surface area contributed by atoms with Crippen molar-refractivity contribution in [1.29, 1.82) is 0 Å². The van der Waals surface area contributed by atoms with E-state index in [1.807, 2.05) is 0 Å². The van der Waals surface area contributed by atoms with Gasteiger partial charge in [-0.3, -0.25) is 4.18 Å². The summed E-state index contributed by atoms with van der Waals surface area (Å²) < 4.78 is 26.6. The quantitative estimate of drug-likeness (QED) is 0.668. The number of hydrogen-bond donors (Lipinski definition) is 1. The minimum Gasteiger partial charge on any atom is -0.335 e. The molecule has 6 nitrogen and oxygen atoms in total. The Morgan fingerprint density at radius 1 is 1.58 bits per heavy atom. The number of aromatic nitrogens is 2. The monoisotopic (exact) mass is 191 g/mol. The summed E-state index contributed by atoms with van der Waals surface area (Å²) in [5.74, 6) is 0. The molecule has 0 aromatic carbocycles. The normalized spacial score (nSPS) is 11.8. The van der Waals surface area contributed by atoms with Gasteiger partial charge in [-0.2, -0.15) is 8.42 Å². The highest BCUT2D eigenvalue weighted by molar-refractivity contribution is 7.84. The minimum atomic E-state index is -3.81. The van der Waals surface area contributed by atoms with E-state index in [4.69, 9.17) is 0 Å². The Morgan fingerprint density at radius 3 is 2.83 bits per heavy atom. The Morgan fingerprint density at radius 2 is 2.33 bits per heavy atom. The van der Waals surface area contributed by atoms with Gasteiger partial charge >= 0.3 is 10.3 Å². The van der Waals surface area contributed by atoms with Crippen LogP contribution in [0.2, 0.25) is 0 Å². The Kier molecular flexibility index (Phi) is 2.79. The van der Waals surface area contributed by atoms with Crippen molar-refractivity contribution in [3.63, 3.8) is 0 Å². The van der Waals surface area contributed by atoms with Crippen LogP contribution in [-0.2, 0) is 21.0 Å². The molecule has 0 spiro atoms. The standard InChI is InChI=1S/C5H9N3O3S/c6-12(9,10)11-4-3-8-2-1-7-5-8/h1-2,5H,3-4H2,(H2,6,9,10). The third-order valence-electron chi connectivity index (χ3n) is 1.16. The lowest BCUT2D eigenvalue weighted by atomic mass is 10.7. The van der Waals surface area contributed by atoms with E-state index in [9.17, 15) is 8.42 Å². The molecule has 0 fully saturated rings. The second kappa shape index (κ2) is 3.65. The molecule has 0 amide bonds. The van der Waals surface area contributed by atoms with Crippen LogP contribution in [0.4, 0.5) is 0 Å². The predicted molar refractivity (Wildman–Crippen MR) is 41.3 cm³/mol. The maximum absolute atomic E-state index is 10.3. The first-order chi connectivity index (χ1) is 5.58. The molecule has 1 aromatic rings. The molecule has 2 N–H and O–H groups in total. The van der Waals surface area contributed by atoms with E-state index in [0.29, 0.717) is 6.54 Å². The molecule has 0 aliphatic carbocycles. The van der Waals surface area contributed by atoms with Gasteiger partial charge in [0.05, 0.1) is 12.9 Å². The SMILES string of the molecule is NS(=O)(=O)OCCn1ccnc1. The summed E-state index contributed by atoms with van der Waals surface area (Å²) in [5, 5.41) is 4.60. The third-order valence-corrected chi connectivity index (χ3v) is 1.65. The summed E-state index contributed by atoms with van der Waals surface area (Å²) in [6, 6.07) is 0. The Bertz CT molecular complexity index is 318. The van der Waals surface area contributed by atoms with E-state index in [1.165, 1.54) is 0 Å². The fourth-order valence-electron chi connectivity index (χ4n) is 0.678. The number of imidazole rings is 1. The second-order valence-corrected chi connectivity index (χ2v) is 3.34. The molecule has 0 atom stereocenters. The first kappa shape index (κ1) is 9.17. The van der Waals surface area contributed by atoms with Gasteiger partial charge in [0, 0.05) is 18.9 Å². The number of rotatable bonds is 4. The molecule has 0 saturated heterocycles. The molecule has 12 heavy (non-hydrogen) atoms. The van der Waals surface area contributed by atoms with Gasteiger partial charge in [-0.05, 0) is 0 Å². The van der Waals surface area contributed by atoms with Crippen LogP contribution in [0.15, 0.2) is 18.7 Å². The lowest BCUT2D eigenvalue weighted by Gasteiger charge is -2.00. The van der Waals surface area contributed by atoms with E-state index in [-0.39, 0.29) is 6.61 Å². The van der Waals surface area contributed by atoms with Crippen LogP contribution in [0.25, 0.3) is 0 Å². The van der Waals surface area contributed by atoms with Crippen molar-refractivity contribution in [2.75, 3.05) is 6.61 Å². The maximum atomic E-state index is 10.3. The van der Waals surface area contributed by atoms with Crippen LogP contribution in [-0.4, -0.2) is 24.6 Å². The molecule has 68 valence electrons. The van der Waals surface area contributed by atoms with Gasteiger partial charge < -0.3 is 4.57 Å². The van der Waals surface area contributed by atoms with Crippen molar-refractivity contribution in [2.45, 2.75) is 6.54 Å². The molecular weight excluding hydrogens is 182 g/mol. The molecule has 0 aliphatic heterocycles. The highest BCUT2D eigenvalue weighted by Gasteiger charge is 2.00. The van der Waals surface area contributed by atoms with E-state index in [0.717, 1.165) is 0 Å². The van der Waals surface area contributed by atoms with Crippen LogP contribution in [0.5, 0.6) is 0 Å². The molecule has 0 unspecified atom stereocenters. The average Bonchev–Trinajstić information content (AvgIpc) is 2.36. The summed E-state index contributed by atoms with van der Waals surface area (Å²) in [4.78, 5) is 3.76. The van der Waals surface area contributed by atoms with Crippen LogP contribution < -0.4 is 5.14 Å². The molecule has 1 rings (SSSR count). The smallest absolute Gasteiger partial charge is 0.333 e.